The summed E-state index contributed by atoms with van der Waals surface area (Å²) in [6, 6.07) is 6.04. The van der Waals surface area contributed by atoms with E-state index in [-0.39, 0.29) is 0 Å². The van der Waals surface area contributed by atoms with Gasteiger partial charge in [0.1, 0.15) is 0 Å². The summed E-state index contributed by atoms with van der Waals surface area (Å²) in [6.07, 6.45) is 0.352. The highest BCUT2D eigenvalue weighted by Crippen LogP contribution is 2.32. The van der Waals surface area contributed by atoms with Crippen molar-refractivity contribution in [2.75, 3.05) is 20.9 Å². The first-order valence-corrected chi connectivity index (χ1v) is 5.45. The topological polar surface area (TPSA) is 33.7 Å². The average Bonchev–Trinajstić information content (AvgIpc) is 2.72. The van der Waals surface area contributed by atoms with E-state index in [0.717, 1.165) is 18.0 Å². The predicted molar refractivity (Wildman–Crippen MR) is 62.6 cm³/mol. The quantitative estimate of drug-likeness (QED) is 0.781. The van der Waals surface area contributed by atoms with Crippen molar-refractivity contribution in [2.45, 2.75) is 19.6 Å². The Kier molecular flexibility index (Phi) is 3.31. The van der Waals surface area contributed by atoms with E-state index in [9.17, 15) is 0 Å². The lowest BCUT2D eigenvalue weighted by Crippen LogP contribution is -2.38. The minimum atomic E-state index is 0.334. The van der Waals surface area contributed by atoms with Gasteiger partial charge in [0.2, 0.25) is 6.79 Å². The maximum Gasteiger partial charge on any atom is 0.231 e. The van der Waals surface area contributed by atoms with Gasteiger partial charge in [-0.1, -0.05) is 6.07 Å². The Morgan fingerprint density at radius 2 is 2.06 bits per heavy atom. The fraction of sp³-hybridized carbons (Fsp3) is 0.500. The molecular formula is C12H18N2O2. The fourth-order valence-corrected chi connectivity index (χ4v) is 1.50. The average molecular weight is 222 g/mol. The van der Waals surface area contributed by atoms with Crippen molar-refractivity contribution in [3.8, 4) is 11.5 Å². The van der Waals surface area contributed by atoms with Gasteiger partial charge in [0, 0.05) is 6.54 Å². The highest BCUT2D eigenvalue weighted by Gasteiger charge is 2.13. The molecule has 1 aliphatic rings. The van der Waals surface area contributed by atoms with Gasteiger partial charge < -0.3 is 9.47 Å². The first-order valence-electron chi connectivity index (χ1n) is 5.45. The molecule has 16 heavy (non-hydrogen) atoms. The second-order valence-corrected chi connectivity index (χ2v) is 4.21. The minimum absolute atomic E-state index is 0.334. The van der Waals surface area contributed by atoms with Gasteiger partial charge >= 0.3 is 0 Å². The molecule has 1 heterocycles. The molecule has 1 aromatic carbocycles. The predicted octanol–water partition coefficient (Wildman–Crippen LogP) is 1.41. The second kappa shape index (κ2) is 4.72. The van der Waals surface area contributed by atoms with Crippen LogP contribution in [0.1, 0.15) is 12.5 Å². The van der Waals surface area contributed by atoms with Crippen molar-refractivity contribution >= 4 is 0 Å². The van der Waals surface area contributed by atoms with E-state index >= 15 is 0 Å². The summed E-state index contributed by atoms with van der Waals surface area (Å²) in [6.45, 7) is 3.29. The van der Waals surface area contributed by atoms with Crippen molar-refractivity contribution in [1.29, 1.82) is 0 Å². The molecule has 0 aliphatic carbocycles. The van der Waals surface area contributed by atoms with E-state index < -0.39 is 0 Å². The van der Waals surface area contributed by atoms with E-state index in [0.29, 0.717) is 13.0 Å². The fourth-order valence-electron chi connectivity index (χ4n) is 1.50. The molecule has 1 atom stereocenters. The molecule has 88 valence electrons. The number of hydrogen-bond acceptors (Lipinski definition) is 4. The number of fused-ring (bicyclic) bond motifs is 1. The number of ether oxygens (including phenoxy) is 2. The van der Waals surface area contributed by atoms with E-state index in [1.807, 2.05) is 12.1 Å². The molecule has 4 nitrogen and oxygen atoms in total. The molecule has 0 aromatic heterocycles. The zero-order valence-corrected chi connectivity index (χ0v) is 9.99. The third-order valence-corrected chi connectivity index (χ3v) is 2.81. The van der Waals surface area contributed by atoms with Crippen molar-refractivity contribution < 1.29 is 9.47 Å². The summed E-state index contributed by atoms with van der Waals surface area (Å²) in [4.78, 5) is 2.13. The van der Waals surface area contributed by atoms with Gasteiger partial charge in [-0.3, -0.25) is 10.2 Å². The van der Waals surface area contributed by atoms with E-state index in [1.54, 1.807) is 0 Å². The maximum atomic E-state index is 5.33. The van der Waals surface area contributed by atoms with E-state index in [1.165, 1.54) is 5.56 Å². The molecule has 1 aromatic rings. The van der Waals surface area contributed by atoms with Gasteiger partial charge in [-0.25, -0.2) is 0 Å². The van der Waals surface area contributed by atoms with Crippen LogP contribution >= 0.6 is 0 Å². The van der Waals surface area contributed by atoms with Gasteiger partial charge in [-0.05, 0) is 38.7 Å². The number of hydrogen-bond donors (Lipinski definition) is 1. The Morgan fingerprint density at radius 3 is 2.81 bits per heavy atom. The van der Waals surface area contributed by atoms with Gasteiger partial charge in [0.15, 0.2) is 11.5 Å². The Balaban J connectivity index is 1.95. The van der Waals surface area contributed by atoms with Crippen LogP contribution in [0.5, 0.6) is 11.5 Å². The Bertz CT molecular complexity index is 366. The molecule has 0 spiro atoms. The van der Waals surface area contributed by atoms with E-state index in [2.05, 4.69) is 37.3 Å². The van der Waals surface area contributed by atoms with E-state index in [4.69, 9.17) is 9.47 Å². The molecule has 0 fully saturated rings. The molecule has 2 rings (SSSR count). The zero-order valence-electron chi connectivity index (χ0n) is 9.99. The summed E-state index contributed by atoms with van der Waals surface area (Å²) in [5.74, 6) is 1.68. The summed E-state index contributed by atoms with van der Waals surface area (Å²) < 4.78 is 10.6. The number of nitrogens with one attached hydrogen (secondary N) is 1. The molecule has 0 saturated heterocycles. The highest BCUT2D eigenvalue weighted by molar-refractivity contribution is 5.44. The molecule has 0 bridgehead atoms. The first-order chi connectivity index (χ1) is 7.66. The normalized spacial score (nSPS) is 15.5. The lowest BCUT2D eigenvalue weighted by Gasteiger charge is -2.21. The van der Waals surface area contributed by atoms with Crippen LogP contribution in [0.25, 0.3) is 0 Å². The summed E-state index contributed by atoms with van der Waals surface area (Å²) in [5, 5.41) is 3.42. The van der Waals surface area contributed by atoms with Crippen LogP contribution in [0.4, 0.5) is 0 Å². The van der Waals surface area contributed by atoms with Gasteiger partial charge in [-0.2, -0.15) is 0 Å². The zero-order chi connectivity index (χ0) is 11.5. The molecule has 1 N–H and O–H groups in total. The third kappa shape index (κ3) is 2.46. The minimum Gasteiger partial charge on any atom is -0.454 e. The summed E-state index contributed by atoms with van der Waals surface area (Å²) in [7, 11) is 4.11. The molecular weight excluding hydrogens is 204 g/mol. The van der Waals surface area contributed by atoms with Crippen LogP contribution in [-0.4, -0.2) is 32.0 Å². The Hall–Kier alpha value is -1.26. The van der Waals surface area contributed by atoms with Crippen LogP contribution < -0.4 is 14.8 Å². The monoisotopic (exact) mass is 222 g/mol. The van der Waals surface area contributed by atoms with Crippen molar-refractivity contribution in [1.82, 2.24) is 10.2 Å². The second-order valence-electron chi connectivity index (χ2n) is 4.21. The van der Waals surface area contributed by atoms with Crippen LogP contribution in [0.3, 0.4) is 0 Å². The molecule has 0 saturated carbocycles. The van der Waals surface area contributed by atoms with Crippen LogP contribution in [0.15, 0.2) is 18.2 Å². The first kappa shape index (κ1) is 11.2. The van der Waals surface area contributed by atoms with Gasteiger partial charge in [0.25, 0.3) is 0 Å². The lowest BCUT2D eigenvalue weighted by molar-refractivity contribution is 0.174. The molecule has 1 unspecified atom stereocenters. The maximum absolute atomic E-state index is 5.33. The number of nitrogens with zero attached hydrogens (tertiary/aromatic N) is 1. The summed E-state index contributed by atoms with van der Waals surface area (Å²) in [5.41, 5.74) is 1.21. The van der Waals surface area contributed by atoms with Crippen LogP contribution in [0, 0.1) is 0 Å². The van der Waals surface area contributed by atoms with Crippen molar-refractivity contribution in [2.24, 2.45) is 0 Å². The standard InChI is InChI=1S/C12H18N2O2/c1-9(14(2)3)13-7-10-4-5-11-12(6-10)16-8-15-11/h4-6,9,13H,7-8H2,1-3H3. The largest absolute Gasteiger partial charge is 0.454 e. The van der Waals surface area contributed by atoms with Crippen LogP contribution in [-0.2, 0) is 6.54 Å². The third-order valence-electron chi connectivity index (χ3n) is 2.81. The SMILES string of the molecule is CC(NCc1ccc2c(c1)OCO2)N(C)C. The number of benzene rings is 1. The van der Waals surface area contributed by atoms with Crippen molar-refractivity contribution in [3.05, 3.63) is 23.8 Å². The molecule has 1 aliphatic heterocycles. The molecule has 0 amide bonds. The van der Waals surface area contributed by atoms with Crippen molar-refractivity contribution in [3.63, 3.8) is 0 Å². The highest BCUT2D eigenvalue weighted by atomic mass is 16.7. The molecule has 0 radical (unpaired) electrons. The Morgan fingerprint density at radius 1 is 1.31 bits per heavy atom. The molecule has 4 heteroatoms. The lowest BCUT2D eigenvalue weighted by atomic mass is 10.2. The Labute approximate surface area is 96.2 Å². The van der Waals surface area contributed by atoms with Gasteiger partial charge in [-0.15, -0.1) is 0 Å². The number of rotatable bonds is 4. The summed E-state index contributed by atoms with van der Waals surface area (Å²) >= 11 is 0. The van der Waals surface area contributed by atoms with Crippen LogP contribution in [0.2, 0.25) is 0 Å². The smallest absolute Gasteiger partial charge is 0.231 e. The van der Waals surface area contributed by atoms with Gasteiger partial charge in [0.05, 0.1) is 6.17 Å².